The predicted octanol–water partition coefficient (Wildman–Crippen LogP) is 1.47. The molecule has 0 bridgehead atoms. The molecule has 10 nitrogen and oxygen atoms in total. The van der Waals surface area contributed by atoms with Crippen molar-refractivity contribution in [3.05, 3.63) is 54.7 Å². The highest BCUT2D eigenvalue weighted by atomic mass is 16.5. The predicted molar refractivity (Wildman–Crippen MR) is 115 cm³/mol. The number of ether oxygens (including phenoxy) is 2. The molecule has 1 fully saturated rings. The molecule has 10 heteroatoms. The Morgan fingerprint density at radius 2 is 2.19 bits per heavy atom. The van der Waals surface area contributed by atoms with Crippen molar-refractivity contribution in [2.24, 2.45) is 0 Å². The summed E-state index contributed by atoms with van der Waals surface area (Å²) in [7, 11) is 1.63. The molecule has 1 saturated heterocycles. The van der Waals surface area contributed by atoms with E-state index in [2.05, 4.69) is 25.6 Å². The number of carbonyl (C=O) groups excluding carboxylic acids is 1. The van der Waals surface area contributed by atoms with Gasteiger partial charge in [0.05, 0.1) is 38.3 Å². The molecule has 0 saturated carbocycles. The molecule has 4 rings (SSSR count). The first-order valence-electron chi connectivity index (χ1n) is 10.5. The minimum Gasteiger partial charge on any atom is -0.496 e. The number of rotatable bonds is 8. The van der Waals surface area contributed by atoms with E-state index in [1.54, 1.807) is 11.8 Å². The second-order valence-electron chi connectivity index (χ2n) is 7.58. The number of aromatic nitrogens is 5. The molecule has 0 aliphatic carbocycles. The molecule has 1 aliphatic heterocycles. The number of nitrogens with one attached hydrogen (secondary N) is 1. The van der Waals surface area contributed by atoms with Gasteiger partial charge in [-0.2, -0.15) is 0 Å². The molecule has 1 amide bonds. The van der Waals surface area contributed by atoms with Crippen LogP contribution in [0.3, 0.4) is 0 Å². The smallest absolute Gasteiger partial charge is 0.271 e. The molecule has 0 unspecified atom stereocenters. The number of carbonyl (C=O) groups is 1. The van der Waals surface area contributed by atoms with Gasteiger partial charge in [-0.3, -0.25) is 14.5 Å². The van der Waals surface area contributed by atoms with Gasteiger partial charge in [0.2, 0.25) is 0 Å². The van der Waals surface area contributed by atoms with E-state index in [1.165, 1.54) is 18.6 Å². The van der Waals surface area contributed by atoms with E-state index in [0.717, 1.165) is 29.8 Å². The molecule has 168 valence electrons. The number of nitrogens with zero attached hydrogens (tertiary/aromatic N) is 5. The van der Waals surface area contributed by atoms with E-state index in [-0.39, 0.29) is 30.4 Å². The fraction of sp³-hybridized carbons (Fsp3) is 0.409. The Kier molecular flexibility index (Phi) is 7.03. The molecule has 32 heavy (non-hydrogen) atoms. The zero-order valence-electron chi connectivity index (χ0n) is 17.8. The van der Waals surface area contributed by atoms with E-state index >= 15 is 0 Å². The lowest BCUT2D eigenvalue weighted by Gasteiger charge is -2.36. The van der Waals surface area contributed by atoms with E-state index in [0.29, 0.717) is 13.0 Å². The zero-order valence-corrected chi connectivity index (χ0v) is 17.8. The molecular weight excluding hydrogens is 412 g/mol. The third kappa shape index (κ3) is 5.09. The Morgan fingerprint density at radius 3 is 2.97 bits per heavy atom. The second kappa shape index (κ2) is 10.3. The van der Waals surface area contributed by atoms with E-state index in [9.17, 15) is 9.90 Å². The van der Waals surface area contributed by atoms with Crippen LogP contribution in [0.4, 0.5) is 0 Å². The van der Waals surface area contributed by atoms with Crippen molar-refractivity contribution < 1.29 is 19.4 Å². The Morgan fingerprint density at radius 1 is 1.31 bits per heavy atom. The van der Waals surface area contributed by atoms with Gasteiger partial charge in [-0.05, 0) is 31.4 Å². The van der Waals surface area contributed by atoms with Crippen LogP contribution in [0.5, 0.6) is 5.75 Å². The van der Waals surface area contributed by atoms with Crippen LogP contribution in [-0.4, -0.2) is 67.9 Å². The van der Waals surface area contributed by atoms with E-state index in [1.807, 2.05) is 30.5 Å². The van der Waals surface area contributed by atoms with Gasteiger partial charge < -0.3 is 19.9 Å². The van der Waals surface area contributed by atoms with Crippen LogP contribution in [0.1, 0.15) is 29.8 Å². The van der Waals surface area contributed by atoms with Crippen LogP contribution in [0.25, 0.3) is 11.3 Å². The molecule has 1 aromatic carbocycles. The third-order valence-corrected chi connectivity index (χ3v) is 5.51. The van der Waals surface area contributed by atoms with Gasteiger partial charge in [-0.1, -0.05) is 17.3 Å². The Balaban J connectivity index is 1.31. The van der Waals surface area contributed by atoms with E-state index in [4.69, 9.17) is 9.47 Å². The van der Waals surface area contributed by atoms with Crippen molar-refractivity contribution in [3.63, 3.8) is 0 Å². The number of benzene rings is 1. The van der Waals surface area contributed by atoms with Gasteiger partial charge >= 0.3 is 0 Å². The molecule has 1 aliphatic rings. The number of para-hydroxylation sites is 1. The zero-order chi connectivity index (χ0) is 22.3. The van der Waals surface area contributed by atoms with Crippen molar-refractivity contribution in [2.75, 3.05) is 13.7 Å². The summed E-state index contributed by atoms with van der Waals surface area (Å²) in [6, 6.07) is 7.39. The number of aryl methyl sites for hydroxylation is 1. The molecule has 3 atom stereocenters. The standard InChI is InChI=1S/C22H26N6O4/c1-31-20-5-3-2-4-16(20)19-13-28(27-26-19)11-8-15-6-7-17(21(14-29)32-15)25-22(30)18-12-23-9-10-24-18/h2-5,9-10,12-13,15,17,21,29H,6-8,11,14H2,1H3,(H,25,30)/t15-,17+,21-/m0/s1. The van der Waals surface area contributed by atoms with Gasteiger partial charge in [0, 0.05) is 24.5 Å². The van der Waals surface area contributed by atoms with Crippen molar-refractivity contribution in [1.82, 2.24) is 30.3 Å². The monoisotopic (exact) mass is 438 g/mol. The summed E-state index contributed by atoms with van der Waals surface area (Å²) in [5.41, 5.74) is 1.87. The summed E-state index contributed by atoms with van der Waals surface area (Å²) >= 11 is 0. The maximum atomic E-state index is 12.4. The van der Waals surface area contributed by atoms with Crippen molar-refractivity contribution >= 4 is 5.91 Å². The number of hydrogen-bond donors (Lipinski definition) is 2. The fourth-order valence-electron chi connectivity index (χ4n) is 3.83. The number of aliphatic hydroxyl groups is 1. The average Bonchev–Trinajstić information content (AvgIpc) is 3.32. The van der Waals surface area contributed by atoms with E-state index < -0.39 is 6.10 Å². The largest absolute Gasteiger partial charge is 0.496 e. The van der Waals surface area contributed by atoms with Gasteiger partial charge in [0.25, 0.3) is 5.91 Å². The summed E-state index contributed by atoms with van der Waals surface area (Å²) in [6.07, 6.45) is 7.93. The summed E-state index contributed by atoms with van der Waals surface area (Å²) in [4.78, 5) is 20.3. The van der Waals surface area contributed by atoms with Crippen LogP contribution in [0, 0.1) is 0 Å². The van der Waals surface area contributed by atoms with Gasteiger partial charge in [-0.15, -0.1) is 5.10 Å². The first kappa shape index (κ1) is 21.8. The average molecular weight is 438 g/mol. The molecule has 2 N–H and O–H groups in total. The minimum atomic E-state index is -0.478. The molecule has 3 aromatic rings. The fourth-order valence-corrected chi connectivity index (χ4v) is 3.83. The first-order chi connectivity index (χ1) is 15.7. The number of hydrogen-bond acceptors (Lipinski definition) is 8. The lowest BCUT2D eigenvalue weighted by atomic mass is 9.97. The van der Waals surface area contributed by atoms with Crippen LogP contribution in [0.15, 0.2) is 49.1 Å². The van der Waals surface area contributed by atoms with Gasteiger partial charge in [0.1, 0.15) is 23.2 Å². The summed E-state index contributed by atoms with van der Waals surface area (Å²) in [5, 5.41) is 21.2. The lowest BCUT2D eigenvalue weighted by Crippen LogP contribution is -2.51. The Bertz CT molecular complexity index is 1030. The molecule has 2 aromatic heterocycles. The highest BCUT2D eigenvalue weighted by molar-refractivity contribution is 5.92. The topological polar surface area (TPSA) is 124 Å². The summed E-state index contributed by atoms with van der Waals surface area (Å²) in [6.45, 7) is 0.449. The van der Waals surface area contributed by atoms with Crippen LogP contribution in [0.2, 0.25) is 0 Å². The molecular formula is C22H26N6O4. The second-order valence-corrected chi connectivity index (χ2v) is 7.58. The van der Waals surface area contributed by atoms with Crippen LogP contribution < -0.4 is 10.1 Å². The van der Waals surface area contributed by atoms with Gasteiger partial charge in [-0.25, -0.2) is 4.98 Å². The summed E-state index contributed by atoms with van der Waals surface area (Å²) in [5.74, 6) is 0.422. The maximum Gasteiger partial charge on any atom is 0.271 e. The SMILES string of the molecule is COc1ccccc1-c1cn(CC[C@@H]2CC[C@@H](NC(=O)c3cnccn3)[C@H](CO)O2)nn1. The molecule has 3 heterocycles. The molecule has 0 spiro atoms. The first-order valence-corrected chi connectivity index (χ1v) is 10.5. The quantitative estimate of drug-likeness (QED) is 0.542. The Labute approximate surface area is 185 Å². The third-order valence-electron chi connectivity index (χ3n) is 5.51. The number of aliphatic hydroxyl groups excluding tert-OH is 1. The van der Waals surface area contributed by atoms with Crippen LogP contribution >= 0.6 is 0 Å². The minimum absolute atomic E-state index is 0.0456. The highest BCUT2D eigenvalue weighted by Crippen LogP contribution is 2.28. The van der Waals surface area contributed by atoms with Crippen molar-refractivity contribution in [1.29, 1.82) is 0 Å². The molecule has 0 radical (unpaired) electrons. The van der Waals surface area contributed by atoms with Crippen molar-refractivity contribution in [2.45, 2.75) is 44.1 Å². The lowest BCUT2D eigenvalue weighted by molar-refractivity contribution is -0.0912. The highest BCUT2D eigenvalue weighted by Gasteiger charge is 2.32. The van der Waals surface area contributed by atoms with Crippen LogP contribution in [-0.2, 0) is 11.3 Å². The Hall–Kier alpha value is -3.37. The van der Waals surface area contributed by atoms with Gasteiger partial charge in [0.15, 0.2) is 0 Å². The number of amides is 1. The van der Waals surface area contributed by atoms with Crippen molar-refractivity contribution in [3.8, 4) is 17.0 Å². The maximum absolute atomic E-state index is 12.4. The summed E-state index contributed by atoms with van der Waals surface area (Å²) < 4.78 is 13.2. The normalized spacial score (nSPS) is 20.6. The number of methoxy groups -OCH3 is 1.